The van der Waals surface area contributed by atoms with Crippen LogP contribution in [-0.2, 0) is 15.5 Å². The van der Waals surface area contributed by atoms with E-state index in [9.17, 15) is 32.6 Å². The maximum absolute atomic E-state index is 12.6. The molecule has 0 aliphatic heterocycles. The van der Waals surface area contributed by atoms with Gasteiger partial charge in [-0.05, 0) is 50.9 Å². The molecule has 0 bridgehead atoms. The molecule has 0 radical (unpaired) electrons. The number of aliphatic carboxylic acids is 1. The van der Waals surface area contributed by atoms with Crippen molar-refractivity contribution >= 4 is 71.5 Å². The molecule has 0 spiro atoms. The fourth-order valence-electron chi connectivity index (χ4n) is 3.01. The van der Waals surface area contributed by atoms with Crippen LogP contribution >= 0.6 is 42.2 Å². The van der Waals surface area contributed by atoms with Crippen LogP contribution in [0.5, 0.6) is 0 Å². The number of carboxylic acid groups (broad SMARTS) is 1. The van der Waals surface area contributed by atoms with Gasteiger partial charge in [0.1, 0.15) is 17.9 Å². The van der Waals surface area contributed by atoms with E-state index < -0.39 is 47.5 Å². The number of carbonyl (C=O) groups is 1. The average Bonchev–Trinajstić information content (AvgIpc) is 3.27. The molecule has 0 aliphatic carbocycles. The Hall–Kier alpha value is -3.48. The van der Waals surface area contributed by atoms with Gasteiger partial charge < -0.3 is 32.1 Å². The van der Waals surface area contributed by atoms with Gasteiger partial charge in [-0.2, -0.15) is 33.2 Å². The lowest BCUT2D eigenvalue weighted by Gasteiger charge is -2.12. The highest BCUT2D eigenvalue weighted by Gasteiger charge is 2.33. The van der Waals surface area contributed by atoms with Crippen molar-refractivity contribution in [2.24, 2.45) is 5.73 Å². The first-order valence-electron chi connectivity index (χ1n) is 12.8. The quantitative estimate of drug-likeness (QED) is 0.0894. The van der Waals surface area contributed by atoms with E-state index in [1.807, 2.05) is 20.8 Å². The number of nitrogens with zero attached hydrogens (tertiary/aromatic N) is 6. The van der Waals surface area contributed by atoms with E-state index >= 15 is 0 Å². The minimum Gasteiger partial charge on any atom is -0.480 e. The van der Waals surface area contributed by atoms with E-state index in [1.54, 1.807) is 0 Å². The highest BCUT2D eigenvalue weighted by atomic mass is 35.5. The van der Waals surface area contributed by atoms with Gasteiger partial charge in [0, 0.05) is 25.4 Å². The number of carboxylic acids is 1. The molecular formula is C23H31Cl3F3N10O6P. The summed E-state index contributed by atoms with van der Waals surface area (Å²) in [6.07, 6.45) is -3.78. The second-order valence-electron chi connectivity index (χ2n) is 9.46. The van der Waals surface area contributed by atoms with Crippen molar-refractivity contribution in [3.63, 3.8) is 0 Å². The number of nitrogen functional groups attached to an aromatic ring is 1. The van der Waals surface area contributed by atoms with Crippen LogP contribution in [0.15, 0.2) is 18.3 Å². The van der Waals surface area contributed by atoms with Crippen molar-refractivity contribution in [1.29, 1.82) is 0 Å². The summed E-state index contributed by atoms with van der Waals surface area (Å²) in [6, 6.07) is 0.504. The van der Waals surface area contributed by atoms with Crippen LogP contribution in [0.4, 0.5) is 36.6 Å². The SMILES string of the molecule is CCNc1nc(Cl)nc(NC(C)C)n1.CP(=O)(O)CCC(N)C(=O)O.Nc1c([N+](=O)[O-])cnn1-c1c(Cl)cc(C(F)(F)F)cc1Cl. The Kier molecular flexibility index (Phi) is 15.4. The Balaban J connectivity index is 0.000000369. The van der Waals surface area contributed by atoms with Crippen LogP contribution in [-0.4, -0.2) is 77.1 Å². The van der Waals surface area contributed by atoms with Gasteiger partial charge >= 0.3 is 17.8 Å². The molecule has 46 heavy (non-hydrogen) atoms. The van der Waals surface area contributed by atoms with Gasteiger partial charge in [-0.25, -0.2) is 4.68 Å². The third kappa shape index (κ3) is 13.5. The van der Waals surface area contributed by atoms with Crippen LogP contribution in [0.25, 0.3) is 5.69 Å². The van der Waals surface area contributed by atoms with E-state index in [0.717, 1.165) is 17.4 Å². The van der Waals surface area contributed by atoms with Gasteiger partial charge in [-0.15, -0.1) is 0 Å². The molecule has 1 aromatic carbocycles. The number of nitrogens with one attached hydrogen (secondary N) is 2. The third-order valence-electron chi connectivity index (χ3n) is 5.07. The fraction of sp³-hybridized carbons (Fsp3) is 0.435. The molecule has 256 valence electrons. The monoisotopic (exact) mass is 736 g/mol. The summed E-state index contributed by atoms with van der Waals surface area (Å²) in [5.74, 6) is -0.548. The van der Waals surface area contributed by atoms with Crippen LogP contribution in [0, 0.1) is 10.1 Å². The van der Waals surface area contributed by atoms with Crippen LogP contribution in [0.1, 0.15) is 32.8 Å². The lowest BCUT2D eigenvalue weighted by molar-refractivity contribution is -0.383. The summed E-state index contributed by atoms with van der Waals surface area (Å²) in [4.78, 5) is 40.8. The molecule has 23 heteroatoms. The van der Waals surface area contributed by atoms with Gasteiger partial charge in [0.25, 0.3) is 0 Å². The molecule has 2 heterocycles. The highest BCUT2D eigenvalue weighted by Crippen LogP contribution is 2.39. The van der Waals surface area contributed by atoms with Gasteiger partial charge in [-0.1, -0.05) is 23.2 Å². The molecule has 16 nitrogen and oxygen atoms in total. The molecule has 2 aromatic heterocycles. The number of benzene rings is 1. The number of anilines is 3. The minimum absolute atomic E-state index is 0.0412. The average molecular weight is 738 g/mol. The first-order chi connectivity index (χ1) is 21.1. The normalized spacial score (nSPS) is 13.0. The molecule has 2 atom stereocenters. The van der Waals surface area contributed by atoms with E-state index in [1.165, 1.54) is 6.66 Å². The summed E-state index contributed by atoms with van der Waals surface area (Å²) in [5, 5.41) is 28.0. The number of nitrogens with two attached hydrogens (primary N) is 2. The number of hydrogen-bond acceptors (Lipinski definition) is 12. The van der Waals surface area contributed by atoms with Gasteiger partial charge in [0.05, 0.1) is 20.5 Å². The number of hydrogen-bond donors (Lipinski definition) is 6. The Bertz CT molecular complexity index is 1540. The number of rotatable bonds is 10. The second kappa shape index (κ2) is 17.4. The lowest BCUT2D eigenvalue weighted by atomic mass is 10.2. The minimum atomic E-state index is -4.63. The summed E-state index contributed by atoms with van der Waals surface area (Å²) >= 11 is 17.3. The first-order valence-corrected chi connectivity index (χ1v) is 16.2. The topological polar surface area (TPSA) is 250 Å². The molecule has 2 unspecified atom stereocenters. The van der Waals surface area contributed by atoms with Crippen molar-refractivity contribution < 1.29 is 37.5 Å². The summed E-state index contributed by atoms with van der Waals surface area (Å²) in [5.41, 5.74) is 8.87. The number of aromatic nitrogens is 5. The van der Waals surface area contributed by atoms with Crippen LogP contribution < -0.4 is 22.1 Å². The Morgan fingerprint density at radius 2 is 1.72 bits per heavy atom. The zero-order chi connectivity index (χ0) is 35.6. The predicted molar refractivity (Wildman–Crippen MR) is 168 cm³/mol. The van der Waals surface area contributed by atoms with Crippen LogP contribution in [0.2, 0.25) is 15.3 Å². The van der Waals surface area contributed by atoms with Crippen molar-refractivity contribution in [3.05, 3.63) is 49.3 Å². The highest BCUT2D eigenvalue weighted by molar-refractivity contribution is 7.57. The molecular weight excluding hydrogens is 707 g/mol. The summed E-state index contributed by atoms with van der Waals surface area (Å²) < 4.78 is 49.3. The van der Waals surface area contributed by atoms with E-state index in [0.29, 0.717) is 24.0 Å². The Morgan fingerprint density at radius 1 is 1.17 bits per heavy atom. The number of halogens is 6. The Morgan fingerprint density at radius 3 is 2.13 bits per heavy atom. The molecule has 3 aromatic rings. The van der Waals surface area contributed by atoms with E-state index in [-0.39, 0.29) is 39.6 Å². The molecule has 0 aliphatic rings. The maximum atomic E-state index is 12.6. The maximum Gasteiger partial charge on any atom is 0.416 e. The molecule has 0 saturated heterocycles. The van der Waals surface area contributed by atoms with Crippen LogP contribution in [0.3, 0.4) is 0 Å². The van der Waals surface area contributed by atoms with Crippen molar-refractivity contribution in [1.82, 2.24) is 24.7 Å². The smallest absolute Gasteiger partial charge is 0.416 e. The summed E-state index contributed by atoms with van der Waals surface area (Å²) in [7, 11) is -3.10. The molecule has 0 amide bonds. The summed E-state index contributed by atoms with van der Waals surface area (Å²) in [6.45, 7) is 7.91. The molecule has 8 N–H and O–H groups in total. The van der Waals surface area contributed by atoms with Crippen molar-refractivity contribution in [3.8, 4) is 5.69 Å². The number of alkyl halides is 3. The van der Waals surface area contributed by atoms with Gasteiger partial charge in [0.15, 0.2) is 7.37 Å². The molecule has 0 fully saturated rings. The zero-order valence-corrected chi connectivity index (χ0v) is 27.8. The first kappa shape index (κ1) is 40.5. The second-order valence-corrected chi connectivity index (χ2v) is 13.2. The lowest BCUT2D eigenvalue weighted by Crippen LogP contribution is -2.30. The van der Waals surface area contributed by atoms with E-state index in [2.05, 4.69) is 30.7 Å². The van der Waals surface area contributed by atoms with Crippen molar-refractivity contribution in [2.45, 2.75) is 45.5 Å². The largest absolute Gasteiger partial charge is 0.480 e. The van der Waals surface area contributed by atoms with Gasteiger partial charge in [-0.3, -0.25) is 19.5 Å². The Labute approximate surface area is 275 Å². The number of nitro groups is 1. The zero-order valence-electron chi connectivity index (χ0n) is 24.6. The van der Waals surface area contributed by atoms with Crippen molar-refractivity contribution in [2.75, 3.05) is 35.7 Å². The molecule has 3 rings (SSSR count). The van der Waals surface area contributed by atoms with Gasteiger partial charge in [0.2, 0.25) is 23.0 Å². The molecule has 0 saturated carbocycles. The fourth-order valence-corrected chi connectivity index (χ4v) is 4.58. The third-order valence-corrected chi connectivity index (χ3v) is 6.91. The van der Waals surface area contributed by atoms with E-state index in [4.69, 9.17) is 56.3 Å². The standard InChI is InChI=1S/C10H5Cl2F3N4O2.C8H14ClN5.C5H12NO4P/c11-5-1-4(10(13,14)15)2-6(12)8(5)18-9(16)7(3-17-18)19(20)21;1-4-10-7-12-6(9)13-8(14-7)11-5(2)3;1-11(9,10)3-2-4(6)5(7)8/h1-3H,16H2;5H,4H2,1-3H3,(H2,10,11,12,13,14);4H,2-3,6H2,1H3,(H,7,8)(H,9,10). The predicted octanol–water partition coefficient (Wildman–Crippen LogP) is 5.15.